The van der Waals surface area contributed by atoms with E-state index in [1.54, 1.807) is 30.3 Å². The summed E-state index contributed by atoms with van der Waals surface area (Å²) < 4.78 is 0. The van der Waals surface area contributed by atoms with Crippen molar-refractivity contribution in [1.29, 1.82) is 0 Å². The number of aliphatic hydroxyl groups is 1. The number of fused-ring (bicyclic) bond motifs is 1. The van der Waals surface area contributed by atoms with E-state index in [-0.39, 0.29) is 12.2 Å². The van der Waals surface area contributed by atoms with Gasteiger partial charge in [-0.2, -0.15) is 0 Å². The van der Waals surface area contributed by atoms with E-state index in [0.29, 0.717) is 28.4 Å². The van der Waals surface area contributed by atoms with Crippen molar-refractivity contribution in [2.24, 2.45) is 0 Å². The molecule has 1 amide bonds. The van der Waals surface area contributed by atoms with Crippen molar-refractivity contribution < 1.29 is 14.7 Å². The van der Waals surface area contributed by atoms with Gasteiger partial charge in [0, 0.05) is 21.0 Å². The maximum atomic E-state index is 13.3. The Kier molecular flexibility index (Phi) is 5.30. The van der Waals surface area contributed by atoms with Crippen molar-refractivity contribution in [3.05, 3.63) is 86.6 Å². The molecule has 2 aromatic carbocycles. The van der Waals surface area contributed by atoms with Crippen LogP contribution in [-0.2, 0) is 23.4 Å². The second-order valence-electron chi connectivity index (χ2n) is 7.14. The second kappa shape index (κ2) is 7.75. The topological polar surface area (TPSA) is 57.6 Å². The molecule has 1 N–H and O–H groups in total. The molecule has 6 heteroatoms. The molecule has 4 rings (SSSR count). The van der Waals surface area contributed by atoms with E-state index >= 15 is 0 Å². The van der Waals surface area contributed by atoms with Gasteiger partial charge in [-0.3, -0.25) is 9.59 Å². The van der Waals surface area contributed by atoms with Gasteiger partial charge in [0.1, 0.15) is 0 Å². The van der Waals surface area contributed by atoms with Crippen molar-refractivity contribution in [2.75, 3.05) is 4.90 Å². The van der Waals surface area contributed by atoms with Crippen molar-refractivity contribution in [3.63, 3.8) is 0 Å². The number of carbonyl (C=O) groups is 2. The zero-order chi connectivity index (χ0) is 20.6. The fourth-order valence-electron chi connectivity index (χ4n) is 3.67. The summed E-state index contributed by atoms with van der Waals surface area (Å²) in [6.07, 6.45) is 0.548. The molecule has 2 heterocycles. The van der Waals surface area contributed by atoms with Crippen LogP contribution in [0.25, 0.3) is 0 Å². The Bertz CT molecular complexity index is 1060. The highest BCUT2D eigenvalue weighted by Crippen LogP contribution is 2.45. The first kappa shape index (κ1) is 19.8. The van der Waals surface area contributed by atoms with Crippen LogP contribution in [0.2, 0.25) is 5.02 Å². The molecule has 1 unspecified atom stereocenters. The number of benzene rings is 2. The Morgan fingerprint density at radius 1 is 1.17 bits per heavy atom. The van der Waals surface area contributed by atoms with Crippen LogP contribution in [0.1, 0.15) is 39.7 Å². The number of ketones is 1. The Morgan fingerprint density at radius 2 is 1.93 bits per heavy atom. The molecule has 1 aliphatic rings. The predicted molar refractivity (Wildman–Crippen MR) is 116 cm³/mol. The molecule has 4 nitrogen and oxygen atoms in total. The summed E-state index contributed by atoms with van der Waals surface area (Å²) in [4.78, 5) is 28.7. The van der Waals surface area contributed by atoms with Crippen LogP contribution in [0.3, 0.4) is 0 Å². The third-order valence-corrected chi connectivity index (χ3v) is 6.38. The molecule has 0 aliphatic carbocycles. The zero-order valence-corrected chi connectivity index (χ0v) is 17.5. The fraction of sp³-hybridized carbons (Fsp3) is 0.217. The van der Waals surface area contributed by atoms with Crippen molar-refractivity contribution >= 4 is 40.3 Å². The number of hydrogen-bond donors (Lipinski definition) is 1. The molecule has 0 bridgehead atoms. The second-order valence-corrected chi connectivity index (χ2v) is 8.61. The van der Waals surface area contributed by atoms with Crippen LogP contribution in [0.5, 0.6) is 0 Å². The summed E-state index contributed by atoms with van der Waals surface area (Å²) in [6, 6.07) is 16.1. The lowest BCUT2D eigenvalue weighted by molar-refractivity contribution is -0.136. The lowest BCUT2D eigenvalue weighted by Crippen LogP contribution is -2.41. The number of thiophene rings is 1. The van der Waals surface area contributed by atoms with Crippen LogP contribution in [0.15, 0.2) is 60.0 Å². The number of anilines is 1. The first-order valence-electron chi connectivity index (χ1n) is 9.41. The van der Waals surface area contributed by atoms with Crippen molar-refractivity contribution in [2.45, 2.75) is 31.9 Å². The summed E-state index contributed by atoms with van der Waals surface area (Å²) in [5.41, 5.74) is 0.632. The lowest BCUT2D eigenvalue weighted by atomic mass is 9.88. The highest BCUT2D eigenvalue weighted by Gasteiger charge is 2.51. The Morgan fingerprint density at radius 3 is 2.59 bits per heavy atom. The molecule has 148 valence electrons. The van der Waals surface area contributed by atoms with Crippen LogP contribution >= 0.6 is 22.9 Å². The molecule has 1 aliphatic heterocycles. The number of carbonyl (C=O) groups excluding carboxylic acids is 2. The van der Waals surface area contributed by atoms with E-state index in [4.69, 9.17) is 11.6 Å². The summed E-state index contributed by atoms with van der Waals surface area (Å²) >= 11 is 7.69. The molecule has 0 fully saturated rings. The standard InChI is InChI=1S/C23H20ClNO3S/c1-2-15-5-7-16(8-6-15)21(26)13-23(28)19-12-17(24)9-10-20(19)25(22(23)27)14-18-4-3-11-29-18/h3-12,28H,2,13-14H2,1H3. The van der Waals surface area contributed by atoms with Gasteiger partial charge in [0.2, 0.25) is 0 Å². The van der Waals surface area contributed by atoms with E-state index in [1.807, 2.05) is 36.6 Å². The number of rotatable bonds is 6. The molecule has 1 aromatic heterocycles. The highest BCUT2D eigenvalue weighted by atomic mass is 35.5. The average Bonchev–Trinajstić information content (AvgIpc) is 3.30. The van der Waals surface area contributed by atoms with Crippen LogP contribution in [0.4, 0.5) is 5.69 Å². The molecule has 29 heavy (non-hydrogen) atoms. The highest BCUT2D eigenvalue weighted by molar-refractivity contribution is 7.09. The first-order chi connectivity index (χ1) is 13.9. The van der Waals surface area contributed by atoms with Crippen LogP contribution < -0.4 is 4.90 Å². The molecule has 0 saturated heterocycles. The SMILES string of the molecule is CCc1ccc(C(=O)CC2(O)C(=O)N(Cc3cccs3)c3ccc(Cl)cc32)cc1. The Balaban J connectivity index is 1.68. The number of aryl methyl sites for hydroxylation is 1. The van der Waals surface area contributed by atoms with E-state index in [2.05, 4.69) is 0 Å². The summed E-state index contributed by atoms with van der Waals surface area (Å²) in [5, 5.41) is 13.7. The molecule has 0 spiro atoms. The van der Waals surface area contributed by atoms with E-state index < -0.39 is 11.5 Å². The van der Waals surface area contributed by atoms with E-state index in [0.717, 1.165) is 16.9 Å². The van der Waals surface area contributed by atoms with Crippen molar-refractivity contribution in [3.8, 4) is 0 Å². The first-order valence-corrected chi connectivity index (χ1v) is 10.7. The minimum atomic E-state index is -1.93. The quantitative estimate of drug-likeness (QED) is 0.567. The predicted octanol–water partition coefficient (Wildman–Crippen LogP) is 4.97. The van der Waals surface area contributed by atoms with Gasteiger partial charge in [-0.15, -0.1) is 11.3 Å². The molecule has 3 aromatic rings. The molecule has 0 radical (unpaired) electrons. The van der Waals surface area contributed by atoms with E-state index in [1.165, 1.54) is 16.2 Å². The minimum absolute atomic E-state index is 0.285. The average molecular weight is 426 g/mol. The van der Waals surface area contributed by atoms with Gasteiger partial charge >= 0.3 is 0 Å². The monoisotopic (exact) mass is 425 g/mol. The van der Waals surface area contributed by atoms with Gasteiger partial charge < -0.3 is 10.0 Å². The number of amides is 1. The molecular formula is C23H20ClNO3S. The third kappa shape index (κ3) is 3.62. The zero-order valence-electron chi connectivity index (χ0n) is 15.9. The maximum absolute atomic E-state index is 13.3. The summed E-state index contributed by atoms with van der Waals surface area (Å²) in [6.45, 7) is 2.38. The van der Waals surface area contributed by atoms with Gasteiger partial charge in [0.15, 0.2) is 11.4 Å². The van der Waals surface area contributed by atoms with Gasteiger partial charge in [-0.05, 0) is 41.6 Å². The van der Waals surface area contributed by atoms with Gasteiger partial charge in [-0.25, -0.2) is 0 Å². The van der Waals surface area contributed by atoms with Gasteiger partial charge in [0.05, 0.1) is 18.7 Å². The largest absolute Gasteiger partial charge is 0.375 e. The Labute approximate surface area is 178 Å². The van der Waals surface area contributed by atoms with Gasteiger partial charge in [0.25, 0.3) is 5.91 Å². The third-order valence-electron chi connectivity index (χ3n) is 5.29. The van der Waals surface area contributed by atoms with Gasteiger partial charge in [-0.1, -0.05) is 48.9 Å². The number of halogens is 1. The number of Topliss-reactive ketones (excluding diaryl/α,β-unsaturated/α-hetero) is 1. The van der Waals surface area contributed by atoms with E-state index in [9.17, 15) is 14.7 Å². The van der Waals surface area contributed by atoms with Crippen LogP contribution in [-0.4, -0.2) is 16.8 Å². The maximum Gasteiger partial charge on any atom is 0.264 e. The van der Waals surface area contributed by atoms with Crippen molar-refractivity contribution in [1.82, 2.24) is 0 Å². The number of hydrogen-bond acceptors (Lipinski definition) is 4. The molecule has 0 saturated carbocycles. The normalized spacial score (nSPS) is 18.2. The summed E-state index contributed by atoms with van der Waals surface area (Å²) in [7, 11) is 0. The molecule has 1 atom stereocenters. The minimum Gasteiger partial charge on any atom is -0.375 e. The smallest absolute Gasteiger partial charge is 0.264 e. The number of nitrogens with zero attached hydrogens (tertiary/aromatic N) is 1. The Hall–Kier alpha value is -2.47. The molecular weight excluding hydrogens is 406 g/mol. The summed E-state index contributed by atoms with van der Waals surface area (Å²) in [5.74, 6) is -0.783. The lowest BCUT2D eigenvalue weighted by Gasteiger charge is -2.22. The van der Waals surface area contributed by atoms with Crippen LogP contribution in [0, 0.1) is 0 Å². The fourth-order valence-corrected chi connectivity index (χ4v) is 4.53.